The van der Waals surface area contributed by atoms with Crippen LogP contribution in [0.5, 0.6) is 0 Å². The zero-order valence-electron chi connectivity index (χ0n) is 7.78. The van der Waals surface area contributed by atoms with E-state index in [1.807, 2.05) is 0 Å². The largest absolute Gasteiger partial charge is 1.00 e. The van der Waals surface area contributed by atoms with Crippen molar-refractivity contribution >= 4 is 12.7 Å². The van der Waals surface area contributed by atoms with Gasteiger partial charge in [0.25, 0.3) is 0 Å². The third-order valence-electron chi connectivity index (χ3n) is 3.06. The first-order valence-electron chi connectivity index (χ1n) is 4.60. The van der Waals surface area contributed by atoms with Crippen LogP contribution in [0.2, 0.25) is 0 Å². The summed E-state index contributed by atoms with van der Waals surface area (Å²) in [5, 5.41) is 9.65. The summed E-state index contributed by atoms with van der Waals surface area (Å²) in [6, 6.07) is 0. The molecule has 14 heavy (non-hydrogen) atoms. The Morgan fingerprint density at radius 1 is 1.64 bits per heavy atom. The molecule has 0 spiro atoms. The molecule has 80 valence electrons. The molecule has 1 saturated heterocycles. The molecule has 1 aliphatic carbocycles. The lowest BCUT2D eigenvalue weighted by atomic mass is 9.92. The molecule has 0 aromatic carbocycles. The number of aliphatic hydroxyl groups is 1. The van der Waals surface area contributed by atoms with Gasteiger partial charge in [0.2, 0.25) is 0 Å². The quantitative estimate of drug-likeness (QED) is 0.362. The summed E-state index contributed by atoms with van der Waals surface area (Å²) in [6.07, 6.45) is 0.634. The molecule has 0 aromatic rings. The zero-order valence-corrected chi connectivity index (χ0v) is 8.54. The average molecular weight is 220 g/mol. The number of ether oxygens (including phenoxy) is 1. The van der Waals surface area contributed by atoms with Gasteiger partial charge in [-0.1, -0.05) is 0 Å². The smallest absolute Gasteiger partial charge is 0.306 e. The van der Waals surface area contributed by atoms with Crippen molar-refractivity contribution in [1.29, 1.82) is 0 Å². The van der Waals surface area contributed by atoms with Crippen molar-refractivity contribution in [3.05, 3.63) is 0 Å². The average Bonchev–Trinajstić information content (AvgIpc) is 2.52. The molecule has 0 amide bonds. The van der Waals surface area contributed by atoms with Gasteiger partial charge in [-0.15, -0.1) is 0 Å². The second-order valence-corrected chi connectivity index (χ2v) is 3.82. The third-order valence-corrected chi connectivity index (χ3v) is 3.06. The van der Waals surface area contributed by atoms with Crippen molar-refractivity contribution in [3.63, 3.8) is 0 Å². The standard InChI is InChI=1S/C9H13NO3.ClH/c1-10-4-6-5-2-9(12)13-8(5)3-7(6)11;/h5-8,11H,1-4H2;1H/t5-,6+,7+,8+;/m0./s1. The van der Waals surface area contributed by atoms with Crippen molar-refractivity contribution < 1.29 is 32.0 Å². The Kier molecular flexibility index (Phi) is 3.50. The van der Waals surface area contributed by atoms with Crippen LogP contribution in [-0.4, -0.2) is 36.5 Å². The van der Waals surface area contributed by atoms with Crippen LogP contribution in [0.3, 0.4) is 0 Å². The highest BCUT2D eigenvalue weighted by Crippen LogP contribution is 2.40. The van der Waals surface area contributed by atoms with E-state index in [9.17, 15) is 9.90 Å². The molecule has 5 heteroatoms. The maximum atomic E-state index is 11.0. The van der Waals surface area contributed by atoms with Crippen LogP contribution in [0.4, 0.5) is 0 Å². The topological polar surface area (TPSA) is 60.5 Å². The predicted octanol–water partition coefficient (Wildman–Crippen LogP) is -4.92. The lowest BCUT2D eigenvalue weighted by Crippen LogP contribution is -3.00. The van der Waals surface area contributed by atoms with E-state index < -0.39 is 0 Å². The Morgan fingerprint density at radius 3 is 3.00 bits per heavy atom. The minimum absolute atomic E-state index is 0. The summed E-state index contributed by atoms with van der Waals surface area (Å²) in [5.41, 5.74) is 0. The lowest BCUT2D eigenvalue weighted by Gasteiger charge is -2.12. The van der Waals surface area contributed by atoms with Crippen LogP contribution >= 0.6 is 0 Å². The van der Waals surface area contributed by atoms with Gasteiger partial charge >= 0.3 is 5.97 Å². The first-order valence-corrected chi connectivity index (χ1v) is 4.60. The van der Waals surface area contributed by atoms with E-state index in [1.54, 1.807) is 0 Å². The van der Waals surface area contributed by atoms with Crippen molar-refractivity contribution in [2.24, 2.45) is 11.8 Å². The fourth-order valence-corrected chi connectivity index (χ4v) is 2.43. The summed E-state index contributed by atoms with van der Waals surface area (Å²) in [4.78, 5) is 13.8. The minimum atomic E-state index is -0.350. The number of aliphatic hydroxyl groups excluding tert-OH is 1. The minimum Gasteiger partial charge on any atom is -1.00 e. The van der Waals surface area contributed by atoms with Gasteiger partial charge in [-0.3, -0.25) is 9.79 Å². The van der Waals surface area contributed by atoms with Gasteiger partial charge in [-0.05, 0) is 0 Å². The van der Waals surface area contributed by atoms with Crippen LogP contribution in [0.25, 0.3) is 0 Å². The molecule has 0 bridgehead atoms. The number of carbonyl (C=O) groups excluding carboxylic acids is 1. The van der Waals surface area contributed by atoms with E-state index in [0.717, 1.165) is 0 Å². The molecule has 0 radical (unpaired) electrons. The molecular weight excluding hydrogens is 206 g/mol. The highest BCUT2D eigenvalue weighted by atomic mass is 35.5. The van der Waals surface area contributed by atoms with Crippen molar-refractivity contribution in [3.8, 4) is 0 Å². The lowest BCUT2D eigenvalue weighted by molar-refractivity contribution is -0.460. The molecule has 2 rings (SSSR count). The van der Waals surface area contributed by atoms with Gasteiger partial charge < -0.3 is 22.3 Å². The molecule has 4 nitrogen and oxygen atoms in total. The molecule has 1 heterocycles. The SMILES string of the molecule is C=[NH+]C[C@@H]1[C@@H]2CC(=O)O[C@@H]2C[C@H]1O.[Cl-]. The molecule has 2 aliphatic rings. The zero-order chi connectivity index (χ0) is 9.42. The Labute approximate surface area is 88.8 Å². The number of hydrogen-bond acceptors (Lipinski definition) is 3. The highest BCUT2D eigenvalue weighted by molar-refractivity contribution is 5.72. The molecule has 2 fully saturated rings. The van der Waals surface area contributed by atoms with Gasteiger partial charge in [0.1, 0.15) is 19.4 Å². The molecule has 2 N–H and O–H groups in total. The fourth-order valence-electron chi connectivity index (χ4n) is 2.43. The summed E-state index contributed by atoms with van der Waals surface area (Å²) in [7, 11) is 0. The van der Waals surface area contributed by atoms with E-state index in [2.05, 4.69) is 11.7 Å². The Bertz CT molecular complexity index is 246. The number of halogens is 1. The van der Waals surface area contributed by atoms with Gasteiger partial charge in [-0.2, -0.15) is 0 Å². The fraction of sp³-hybridized carbons (Fsp3) is 0.778. The second kappa shape index (κ2) is 4.28. The summed E-state index contributed by atoms with van der Waals surface area (Å²) >= 11 is 0. The number of fused-ring (bicyclic) bond motifs is 1. The molecule has 4 atom stereocenters. The number of nitrogens with one attached hydrogen (secondary N) is 1. The Balaban J connectivity index is 0.000000980. The number of hydrogen-bond donors (Lipinski definition) is 2. The van der Waals surface area contributed by atoms with E-state index >= 15 is 0 Å². The molecule has 1 saturated carbocycles. The van der Waals surface area contributed by atoms with Crippen molar-refractivity contribution in [1.82, 2.24) is 0 Å². The van der Waals surface area contributed by atoms with E-state index in [-0.39, 0.29) is 42.4 Å². The molecule has 0 unspecified atom stereocenters. The summed E-state index contributed by atoms with van der Waals surface area (Å²) < 4.78 is 5.09. The first kappa shape index (κ1) is 11.5. The summed E-state index contributed by atoms with van der Waals surface area (Å²) in [6.45, 7) is 4.18. The highest BCUT2D eigenvalue weighted by Gasteiger charge is 2.50. The first-order chi connectivity index (χ1) is 6.22. The van der Waals surface area contributed by atoms with Crippen molar-refractivity contribution in [2.45, 2.75) is 25.0 Å². The van der Waals surface area contributed by atoms with Gasteiger partial charge in [0.15, 0.2) is 0 Å². The van der Waals surface area contributed by atoms with Crippen LogP contribution in [0.1, 0.15) is 12.8 Å². The maximum Gasteiger partial charge on any atom is 0.306 e. The normalized spacial score (nSPS) is 39.9. The van der Waals surface area contributed by atoms with Crippen molar-refractivity contribution in [2.75, 3.05) is 6.54 Å². The van der Waals surface area contributed by atoms with Gasteiger partial charge in [-0.25, -0.2) is 0 Å². The van der Waals surface area contributed by atoms with Crippen LogP contribution in [0.15, 0.2) is 0 Å². The van der Waals surface area contributed by atoms with Crippen LogP contribution in [0, 0.1) is 11.8 Å². The second-order valence-electron chi connectivity index (χ2n) is 3.82. The van der Waals surface area contributed by atoms with E-state index in [4.69, 9.17) is 4.74 Å². The van der Waals surface area contributed by atoms with E-state index in [0.29, 0.717) is 19.4 Å². The molecule has 0 aromatic heterocycles. The van der Waals surface area contributed by atoms with Crippen LogP contribution in [-0.2, 0) is 9.53 Å². The van der Waals surface area contributed by atoms with Gasteiger partial charge in [0, 0.05) is 12.3 Å². The van der Waals surface area contributed by atoms with E-state index in [1.165, 1.54) is 0 Å². The third kappa shape index (κ3) is 1.77. The Hall–Kier alpha value is -0.610. The van der Waals surface area contributed by atoms with Gasteiger partial charge in [0.05, 0.1) is 18.4 Å². The number of rotatable bonds is 2. The number of esters is 1. The number of carbonyl (C=O) groups is 1. The monoisotopic (exact) mass is 219 g/mol. The maximum absolute atomic E-state index is 11.0. The molecule has 1 aliphatic heterocycles. The Morgan fingerprint density at radius 2 is 2.36 bits per heavy atom. The summed E-state index contributed by atoms with van der Waals surface area (Å²) in [5.74, 6) is 0.182. The van der Waals surface area contributed by atoms with Crippen LogP contribution < -0.4 is 17.4 Å². The molecular formula is C9H14ClNO3. The predicted molar refractivity (Wildman–Crippen MR) is 45.1 cm³/mol.